The summed E-state index contributed by atoms with van der Waals surface area (Å²) in [6, 6.07) is 0. The number of nitrogens with zero attached hydrogens (tertiary/aromatic N) is 2. The monoisotopic (exact) mass is 292 g/mol. The fourth-order valence-corrected chi connectivity index (χ4v) is 3.71. The fourth-order valence-electron chi connectivity index (χ4n) is 3.71. The molecule has 3 rings (SSSR count). The third kappa shape index (κ3) is 3.03. The van der Waals surface area contributed by atoms with E-state index in [0.29, 0.717) is 18.3 Å². The summed E-state index contributed by atoms with van der Waals surface area (Å²) in [6.45, 7) is 2.63. The van der Waals surface area contributed by atoms with Crippen LogP contribution < -0.4 is 0 Å². The van der Waals surface area contributed by atoms with Gasteiger partial charge < -0.3 is 9.26 Å². The van der Waals surface area contributed by atoms with Crippen LogP contribution in [0.2, 0.25) is 0 Å². The number of ketones is 1. The minimum absolute atomic E-state index is 0.202. The molecule has 0 bridgehead atoms. The lowest BCUT2D eigenvalue weighted by atomic mass is 10.00. The van der Waals surface area contributed by atoms with Gasteiger partial charge in [0, 0.05) is 12.5 Å². The van der Waals surface area contributed by atoms with Crippen molar-refractivity contribution in [3.63, 3.8) is 0 Å². The Kier molecular flexibility index (Phi) is 4.38. The summed E-state index contributed by atoms with van der Waals surface area (Å²) in [4.78, 5) is 16.7. The zero-order valence-electron chi connectivity index (χ0n) is 12.8. The molecule has 116 valence electrons. The first kappa shape index (κ1) is 14.7. The predicted octanol–water partition coefficient (Wildman–Crippen LogP) is 3.18. The van der Waals surface area contributed by atoms with E-state index >= 15 is 0 Å². The molecule has 2 saturated carbocycles. The topological polar surface area (TPSA) is 65.2 Å². The number of carbonyl (C=O) groups is 1. The molecule has 0 saturated heterocycles. The average Bonchev–Trinajstić information content (AvgIpc) is 3.21. The van der Waals surface area contributed by atoms with Crippen LogP contribution in [0, 0.1) is 5.92 Å². The third-order valence-corrected chi connectivity index (χ3v) is 4.84. The Labute approximate surface area is 125 Å². The van der Waals surface area contributed by atoms with E-state index in [1.54, 1.807) is 0 Å². The molecule has 5 heteroatoms. The lowest BCUT2D eigenvalue weighted by Crippen LogP contribution is -2.27. The first-order chi connectivity index (χ1) is 10.2. The molecule has 0 spiro atoms. The van der Waals surface area contributed by atoms with Gasteiger partial charge in [-0.15, -0.1) is 0 Å². The second-order valence-corrected chi connectivity index (χ2v) is 6.27. The third-order valence-electron chi connectivity index (χ3n) is 4.84. The van der Waals surface area contributed by atoms with Gasteiger partial charge in [0.05, 0.1) is 6.42 Å². The highest BCUT2D eigenvalue weighted by Crippen LogP contribution is 2.40. The molecular formula is C16H24N2O3. The van der Waals surface area contributed by atoms with Crippen molar-refractivity contribution in [2.45, 2.75) is 70.3 Å². The molecule has 21 heavy (non-hydrogen) atoms. The highest BCUT2D eigenvalue weighted by Gasteiger charge is 2.41. The Balaban J connectivity index is 1.69. The van der Waals surface area contributed by atoms with E-state index in [9.17, 15) is 4.79 Å². The van der Waals surface area contributed by atoms with Crippen LogP contribution in [0.1, 0.15) is 70.0 Å². The molecule has 0 unspecified atom stereocenters. The number of hydrogen-bond donors (Lipinski definition) is 0. The quantitative estimate of drug-likeness (QED) is 0.805. The SMILES string of the molecule is CCOC1(c2noc(CC(=O)C3CCCC3)n2)CCCC1. The summed E-state index contributed by atoms with van der Waals surface area (Å²) >= 11 is 0. The Morgan fingerprint density at radius 2 is 2.00 bits per heavy atom. The van der Waals surface area contributed by atoms with E-state index in [-0.39, 0.29) is 23.7 Å². The largest absolute Gasteiger partial charge is 0.367 e. The van der Waals surface area contributed by atoms with E-state index in [0.717, 1.165) is 38.5 Å². The zero-order valence-corrected chi connectivity index (χ0v) is 12.8. The summed E-state index contributed by atoms with van der Waals surface area (Å²) in [7, 11) is 0. The summed E-state index contributed by atoms with van der Waals surface area (Å²) in [5, 5.41) is 4.11. The summed E-state index contributed by atoms with van der Waals surface area (Å²) < 4.78 is 11.2. The minimum Gasteiger partial charge on any atom is -0.367 e. The Hall–Kier alpha value is -1.23. The van der Waals surface area contributed by atoms with Crippen molar-refractivity contribution in [2.24, 2.45) is 5.92 Å². The van der Waals surface area contributed by atoms with Gasteiger partial charge in [0.25, 0.3) is 0 Å². The molecule has 5 nitrogen and oxygen atoms in total. The van der Waals surface area contributed by atoms with Gasteiger partial charge in [-0.2, -0.15) is 4.98 Å². The van der Waals surface area contributed by atoms with E-state index in [1.165, 1.54) is 12.8 Å². The summed E-state index contributed by atoms with van der Waals surface area (Å²) in [6.07, 6.45) is 8.78. The standard InChI is InChI=1S/C16H24N2O3/c1-2-20-16(9-5-6-10-16)15-17-14(21-18-15)11-13(19)12-7-3-4-8-12/h12H,2-11H2,1H3. The Bertz CT molecular complexity index is 485. The number of rotatable bonds is 6. The number of aromatic nitrogens is 2. The maximum Gasteiger partial charge on any atom is 0.234 e. The fraction of sp³-hybridized carbons (Fsp3) is 0.812. The predicted molar refractivity (Wildman–Crippen MR) is 76.7 cm³/mol. The molecule has 2 fully saturated rings. The van der Waals surface area contributed by atoms with E-state index < -0.39 is 0 Å². The van der Waals surface area contributed by atoms with Crippen molar-refractivity contribution in [2.75, 3.05) is 6.61 Å². The first-order valence-corrected chi connectivity index (χ1v) is 8.23. The van der Waals surface area contributed by atoms with Crippen LogP contribution >= 0.6 is 0 Å². The van der Waals surface area contributed by atoms with Crippen LogP contribution in [0.5, 0.6) is 0 Å². The van der Waals surface area contributed by atoms with Crippen molar-refractivity contribution in [1.82, 2.24) is 10.1 Å². The molecule has 0 aliphatic heterocycles. The van der Waals surface area contributed by atoms with Gasteiger partial charge in [0.15, 0.2) is 0 Å². The van der Waals surface area contributed by atoms with E-state index in [2.05, 4.69) is 10.1 Å². The van der Waals surface area contributed by atoms with Crippen LogP contribution in [-0.2, 0) is 21.6 Å². The van der Waals surface area contributed by atoms with Gasteiger partial charge in [-0.05, 0) is 45.4 Å². The lowest BCUT2D eigenvalue weighted by Gasteiger charge is -2.24. The van der Waals surface area contributed by atoms with Crippen LogP contribution in [0.4, 0.5) is 0 Å². The molecular weight excluding hydrogens is 268 g/mol. The number of Topliss-reactive ketones (excluding diaryl/α,β-unsaturated/α-hetero) is 1. The molecule has 1 aromatic rings. The first-order valence-electron chi connectivity index (χ1n) is 8.23. The number of hydrogen-bond acceptors (Lipinski definition) is 5. The van der Waals surface area contributed by atoms with Gasteiger partial charge in [0.2, 0.25) is 11.7 Å². The molecule has 0 aromatic carbocycles. The maximum atomic E-state index is 12.2. The summed E-state index contributed by atoms with van der Waals surface area (Å²) in [5.74, 6) is 1.54. The normalized spacial score (nSPS) is 22.0. The van der Waals surface area contributed by atoms with Crippen LogP contribution in [0.3, 0.4) is 0 Å². The van der Waals surface area contributed by atoms with Crippen molar-refractivity contribution < 1.29 is 14.1 Å². The van der Waals surface area contributed by atoms with Crippen LogP contribution in [0.15, 0.2) is 4.52 Å². The highest BCUT2D eigenvalue weighted by atomic mass is 16.5. The maximum absolute atomic E-state index is 12.2. The molecule has 0 atom stereocenters. The van der Waals surface area contributed by atoms with Gasteiger partial charge in [-0.25, -0.2) is 0 Å². The Morgan fingerprint density at radius 3 is 2.67 bits per heavy atom. The molecule has 0 N–H and O–H groups in total. The number of ether oxygens (including phenoxy) is 1. The van der Waals surface area contributed by atoms with Crippen molar-refractivity contribution in [1.29, 1.82) is 0 Å². The van der Waals surface area contributed by atoms with Crippen LogP contribution in [-0.4, -0.2) is 22.5 Å². The molecule has 2 aliphatic rings. The van der Waals surface area contributed by atoms with Gasteiger partial charge in [-0.1, -0.05) is 18.0 Å². The molecule has 0 radical (unpaired) electrons. The molecule has 2 aliphatic carbocycles. The van der Waals surface area contributed by atoms with Gasteiger partial charge in [0.1, 0.15) is 11.4 Å². The van der Waals surface area contributed by atoms with Gasteiger partial charge >= 0.3 is 0 Å². The molecule has 0 amide bonds. The molecule has 1 heterocycles. The highest BCUT2D eigenvalue weighted by molar-refractivity contribution is 5.82. The molecule has 1 aromatic heterocycles. The lowest BCUT2D eigenvalue weighted by molar-refractivity contribution is -0.122. The van der Waals surface area contributed by atoms with Crippen molar-refractivity contribution in [3.05, 3.63) is 11.7 Å². The zero-order chi connectivity index (χ0) is 14.7. The van der Waals surface area contributed by atoms with Gasteiger partial charge in [-0.3, -0.25) is 4.79 Å². The van der Waals surface area contributed by atoms with Crippen molar-refractivity contribution in [3.8, 4) is 0 Å². The van der Waals surface area contributed by atoms with E-state index in [4.69, 9.17) is 9.26 Å². The number of carbonyl (C=O) groups excluding carboxylic acids is 1. The Morgan fingerprint density at radius 1 is 1.29 bits per heavy atom. The summed E-state index contributed by atoms with van der Waals surface area (Å²) in [5.41, 5.74) is -0.382. The minimum atomic E-state index is -0.382. The van der Waals surface area contributed by atoms with E-state index in [1.807, 2.05) is 6.92 Å². The second kappa shape index (κ2) is 6.26. The average molecular weight is 292 g/mol. The second-order valence-electron chi connectivity index (χ2n) is 6.27. The van der Waals surface area contributed by atoms with Crippen LogP contribution in [0.25, 0.3) is 0 Å². The van der Waals surface area contributed by atoms with Crippen molar-refractivity contribution >= 4 is 5.78 Å². The smallest absolute Gasteiger partial charge is 0.234 e.